The van der Waals surface area contributed by atoms with E-state index in [1.165, 1.54) is 0 Å². The van der Waals surface area contributed by atoms with E-state index in [0.717, 1.165) is 22.3 Å². The molecule has 2 rings (SSSR count). The van der Waals surface area contributed by atoms with Gasteiger partial charge in [-0.15, -0.1) is 6.42 Å². The molecule has 0 aliphatic carbocycles. The molecule has 2 nitrogen and oxygen atoms in total. The third-order valence-electron chi connectivity index (χ3n) is 3.10. The predicted molar refractivity (Wildman–Crippen MR) is 89.7 cm³/mol. The fourth-order valence-electron chi connectivity index (χ4n) is 2.17. The van der Waals surface area contributed by atoms with Crippen LogP contribution in [0.4, 0.5) is 0 Å². The highest BCUT2D eigenvalue weighted by atomic mass is 16.6. The molecule has 2 heteroatoms. The maximum absolute atomic E-state index is 12.0. The maximum atomic E-state index is 12.0. The molecule has 0 aliphatic heterocycles. The van der Waals surface area contributed by atoms with Crippen LogP contribution in [0.5, 0.6) is 0 Å². The van der Waals surface area contributed by atoms with Crippen LogP contribution in [0.15, 0.2) is 42.5 Å². The average Bonchev–Trinajstić information content (AvgIpc) is 2.45. The van der Waals surface area contributed by atoms with Gasteiger partial charge in [-0.05, 0) is 68.7 Å². The lowest BCUT2D eigenvalue weighted by Gasteiger charge is -2.19. The Hall–Kier alpha value is -2.53. The molecule has 22 heavy (non-hydrogen) atoms. The molecule has 0 spiro atoms. The van der Waals surface area contributed by atoms with Crippen LogP contribution in [0.25, 0.3) is 11.1 Å². The number of carbonyl (C=O) groups is 1. The van der Waals surface area contributed by atoms with Gasteiger partial charge in [0.1, 0.15) is 5.60 Å². The molecule has 0 amide bonds. The van der Waals surface area contributed by atoms with Gasteiger partial charge in [0.15, 0.2) is 0 Å². The molecule has 0 radical (unpaired) electrons. The van der Waals surface area contributed by atoms with Gasteiger partial charge in [0, 0.05) is 5.56 Å². The zero-order valence-electron chi connectivity index (χ0n) is 13.4. The summed E-state index contributed by atoms with van der Waals surface area (Å²) in [6.45, 7) is 7.58. The van der Waals surface area contributed by atoms with Gasteiger partial charge in [-0.2, -0.15) is 0 Å². The Labute approximate surface area is 132 Å². The van der Waals surface area contributed by atoms with E-state index in [-0.39, 0.29) is 5.97 Å². The normalized spacial score (nSPS) is 10.9. The molecule has 0 unspecified atom stereocenters. The van der Waals surface area contributed by atoms with Crippen molar-refractivity contribution in [1.82, 2.24) is 0 Å². The fraction of sp³-hybridized carbons (Fsp3) is 0.250. The lowest BCUT2D eigenvalue weighted by atomic mass is 9.99. The Morgan fingerprint density at radius 2 is 1.68 bits per heavy atom. The van der Waals surface area contributed by atoms with Crippen LogP contribution in [0.1, 0.15) is 42.3 Å². The number of aryl methyl sites for hydroxylation is 1. The summed E-state index contributed by atoms with van der Waals surface area (Å²) < 4.78 is 5.36. The largest absolute Gasteiger partial charge is 0.456 e. The lowest BCUT2D eigenvalue weighted by Crippen LogP contribution is -2.23. The predicted octanol–water partition coefficient (Wildman–Crippen LogP) is 4.60. The molecular formula is C20H20O2. The van der Waals surface area contributed by atoms with Crippen molar-refractivity contribution in [1.29, 1.82) is 0 Å². The molecule has 0 aliphatic rings. The van der Waals surface area contributed by atoms with Crippen molar-refractivity contribution in [3.63, 3.8) is 0 Å². The molecule has 0 heterocycles. The zero-order valence-corrected chi connectivity index (χ0v) is 13.4. The van der Waals surface area contributed by atoms with Crippen molar-refractivity contribution in [3.05, 3.63) is 59.2 Å². The number of benzene rings is 2. The number of rotatable bonds is 2. The van der Waals surface area contributed by atoms with Crippen molar-refractivity contribution in [2.45, 2.75) is 33.3 Å². The van der Waals surface area contributed by atoms with Crippen molar-refractivity contribution < 1.29 is 9.53 Å². The van der Waals surface area contributed by atoms with Gasteiger partial charge >= 0.3 is 5.97 Å². The summed E-state index contributed by atoms with van der Waals surface area (Å²) in [5.74, 6) is 2.35. The second kappa shape index (κ2) is 6.07. The monoisotopic (exact) mass is 292 g/mol. The van der Waals surface area contributed by atoms with Crippen molar-refractivity contribution in [2.75, 3.05) is 0 Å². The summed E-state index contributed by atoms with van der Waals surface area (Å²) in [6, 6.07) is 13.4. The third-order valence-corrected chi connectivity index (χ3v) is 3.10. The van der Waals surface area contributed by atoms with Crippen LogP contribution in [0.2, 0.25) is 0 Å². The molecule has 2 aromatic rings. The van der Waals surface area contributed by atoms with Crippen LogP contribution in [-0.2, 0) is 4.74 Å². The summed E-state index contributed by atoms with van der Waals surface area (Å²) >= 11 is 0. The van der Waals surface area contributed by atoms with E-state index in [2.05, 4.69) is 12.0 Å². The maximum Gasteiger partial charge on any atom is 0.338 e. The smallest absolute Gasteiger partial charge is 0.338 e. The second-order valence-electron chi connectivity index (χ2n) is 6.31. The van der Waals surface area contributed by atoms with Gasteiger partial charge in [-0.3, -0.25) is 0 Å². The van der Waals surface area contributed by atoms with E-state index in [1.807, 2.05) is 52.0 Å². The SMILES string of the molecule is C#Cc1cc(C)cc(-c2ccc(C(=O)OC(C)(C)C)cc2)c1. The molecule has 0 saturated heterocycles. The summed E-state index contributed by atoms with van der Waals surface area (Å²) in [5.41, 5.74) is 4.08. The van der Waals surface area contributed by atoms with Crippen LogP contribution in [0.3, 0.4) is 0 Å². The van der Waals surface area contributed by atoms with E-state index in [4.69, 9.17) is 11.2 Å². The summed E-state index contributed by atoms with van der Waals surface area (Å²) in [4.78, 5) is 12.0. The molecule has 0 fully saturated rings. The molecule has 0 atom stereocenters. The Balaban J connectivity index is 2.28. The molecule has 0 aromatic heterocycles. The molecule has 0 bridgehead atoms. The minimum absolute atomic E-state index is 0.312. The van der Waals surface area contributed by atoms with Crippen LogP contribution >= 0.6 is 0 Å². The number of hydrogen-bond donors (Lipinski definition) is 0. The Morgan fingerprint density at radius 3 is 2.23 bits per heavy atom. The minimum atomic E-state index is -0.492. The van der Waals surface area contributed by atoms with Gasteiger partial charge in [-0.25, -0.2) is 4.79 Å². The standard InChI is InChI=1S/C20H20O2/c1-6-15-11-14(2)12-18(13-15)16-7-9-17(10-8-16)19(21)22-20(3,4)5/h1,7-13H,2-5H3. The molecule has 0 N–H and O–H groups in total. The lowest BCUT2D eigenvalue weighted by molar-refractivity contribution is 0.00696. The quantitative estimate of drug-likeness (QED) is 0.597. The topological polar surface area (TPSA) is 26.3 Å². The second-order valence-corrected chi connectivity index (χ2v) is 6.31. The highest BCUT2D eigenvalue weighted by Gasteiger charge is 2.17. The van der Waals surface area contributed by atoms with Crippen LogP contribution in [-0.4, -0.2) is 11.6 Å². The van der Waals surface area contributed by atoms with E-state index < -0.39 is 5.60 Å². The summed E-state index contributed by atoms with van der Waals surface area (Å²) in [7, 11) is 0. The Morgan fingerprint density at radius 1 is 1.05 bits per heavy atom. The van der Waals surface area contributed by atoms with Crippen molar-refractivity contribution in [3.8, 4) is 23.5 Å². The fourth-order valence-corrected chi connectivity index (χ4v) is 2.17. The zero-order chi connectivity index (χ0) is 16.3. The van der Waals surface area contributed by atoms with E-state index in [1.54, 1.807) is 12.1 Å². The van der Waals surface area contributed by atoms with Crippen LogP contribution < -0.4 is 0 Å². The Bertz CT molecular complexity index is 726. The minimum Gasteiger partial charge on any atom is -0.456 e. The third kappa shape index (κ3) is 3.99. The molecular weight excluding hydrogens is 272 g/mol. The molecule has 112 valence electrons. The number of hydrogen-bond acceptors (Lipinski definition) is 2. The van der Waals surface area contributed by atoms with Crippen molar-refractivity contribution in [2.24, 2.45) is 0 Å². The van der Waals surface area contributed by atoms with E-state index >= 15 is 0 Å². The van der Waals surface area contributed by atoms with E-state index in [0.29, 0.717) is 5.56 Å². The highest BCUT2D eigenvalue weighted by Crippen LogP contribution is 2.23. The van der Waals surface area contributed by atoms with Crippen LogP contribution in [0, 0.1) is 19.3 Å². The van der Waals surface area contributed by atoms with Gasteiger partial charge in [0.25, 0.3) is 0 Å². The van der Waals surface area contributed by atoms with Gasteiger partial charge < -0.3 is 4.74 Å². The number of esters is 1. The summed E-state index contributed by atoms with van der Waals surface area (Å²) in [6.07, 6.45) is 5.48. The first-order chi connectivity index (χ1) is 10.3. The molecule has 0 saturated carbocycles. The Kier molecular flexibility index (Phi) is 4.37. The average molecular weight is 292 g/mol. The summed E-state index contributed by atoms with van der Waals surface area (Å²) in [5, 5.41) is 0. The first-order valence-corrected chi connectivity index (χ1v) is 7.20. The van der Waals surface area contributed by atoms with Gasteiger partial charge in [0.05, 0.1) is 5.56 Å². The van der Waals surface area contributed by atoms with Gasteiger partial charge in [-0.1, -0.05) is 24.1 Å². The van der Waals surface area contributed by atoms with E-state index in [9.17, 15) is 4.79 Å². The first-order valence-electron chi connectivity index (χ1n) is 7.20. The van der Waals surface area contributed by atoms with Gasteiger partial charge in [0.2, 0.25) is 0 Å². The highest BCUT2D eigenvalue weighted by molar-refractivity contribution is 5.90. The first kappa shape index (κ1) is 15.9. The number of terminal acetylenes is 1. The molecule has 2 aromatic carbocycles. The number of carbonyl (C=O) groups excluding carboxylic acids is 1. The van der Waals surface area contributed by atoms with Crippen molar-refractivity contribution >= 4 is 5.97 Å². The number of ether oxygens (including phenoxy) is 1.